The van der Waals surface area contributed by atoms with Gasteiger partial charge in [-0.15, -0.1) is 5.10 Å². The maximum atomic E-state index is 11.2. The van der Waals surface area contributed by atoms with Gasteiger partial charge in [-0.05, 0) is 31.8 Å². The van der Waals surface area contributed by atoms with E-state index in [1.54, 1.807) is 10.9 Å². The van der Waals surface area contributed by atoms with E-state index in [2.05, 4.69) is 20.4 Å². The molecule has 16 heavy (non-hydrogen) atoms. The van der Waals surface area contributed by atoms with E-state index in [1.165, 1.54) is 20.0 Å². The third-order valence-corrected chi connectivity index (χ3v) is 2.78. The molecule has 1 fully saturated rings. The molecule has 0 amide bonds. The normalized spacial score (nSPS) is 20.7. The first-order chi connectivity index (χ1) is 7.79. The highest BCUT2D eigenvalue weighted by atomic mass is 16.5. The number of carbonyl (C=O) groups is 1. The van der Waals surface area contributed by atoms with Crippen LogP contribution in [0.25, 0.3) is 0 Å². The molecule has 2 heterocycles. The molecule has 88 valence electrons. The Balaban J connectivity index is 1.94. The van der Waals surface area contributed by atoms with Crippen LogP contribution in [0.1, 0.15) is 23.3 Å². The van der Waals surface area contributed by atoms with E-state index in [0.29, 0.717) is 5.92 Å². The summed E-state index contributed by atoms with van der Waals surface area (Å²) in [4.78, 5) is 11.2. The highest BCUT2D eigenvalue weighted by Gasteiger charge is 2.16. The van der Waals surface area contributed by atoms with Gasteiger partial charge in [-0.25, -0.2) is 4.79 Å². The maximum absolute atomic E-state index is 11.2. The average Bonchev–Trinajstić information content (AvgIpc) is 2.78. The van der Waals surface area contributed by atoms with E-state index in [-0.39, 0.29) is 5.69 Å². The van der Waals surface area contributed by atoms with Crippen molar-refractivity contribution in [3.05, 3.63) is 11.9 Å². The molecule has 1 N–H and O–H groups in total. The molecule has 0 bridgehead atoms. The van der Waals surface area contributed by atoms with Gasteiger partial charge in [0.2, 0.25) is 0 Å². The molecule has 1 aromatic heterocycles. The molecular formula is C10H16N4O2. The first kappa shape index (κ1) is 11.1. The lowest BCUT2D eigenvalue weighted by molar-refractivity contribution is 0.0594. The molecule has 2 rings (SSSR count). The Labute approximate surface area is 94.0 Å². The molecule has 1 saturated heterocycles. The third kappa shape index (κ3) is 2.57. The summed E-state index contributed by atoms with van der Waals surface area (Å²) in [6.07, 6.45) is 4.03. The van der Waals surface area contributed by atoms with Crippen molar-refractivity contribution in [2.24, 2.45) is 5.92 Å². The van der Waals surface area contributed by atoms with Crippen LogP contribution in [0.5, 0.6) is 0 Å². The highest BCUT2D eigenvalue weighted by Crippen LogP contribution is 2.12. The minimum Gasteiger partial charge on any atom is -0.464 e. The molecule has 6 heteroatoms. The van der Waals surface area contributed by atoms with Gasteiger partial charge in [-0.1, -0.05) is 5.21 Å². The summed E-state index contributed by atoms with van der Waals surface area (Å²) in [5.74, 6) is 0.133. The molecule has 0 spiro atoms. The highest BCUT2D eigenvalue weighted by molar-refractivity contribution is 5.86. The largest absolute Gasteiger partial charge is 0.464 e. The van der Waals surface area contributed by atoms with Crippen LogP contribution in [-0.2, 0) is 11.3 Å². The summed E-state index contributed by atoms with van der Waals surface area (Å²) >= 11 is 0. The molecule has 0 radical (unpaired) electrons. The van der Waals surface area contributed by atoms with Crippen molar-refractivity contribution in [2.75, 3.05) is 20.2 Å². The first-order valence-electron chi connectivity index (χ1n) is 5.49. The van der Waals surface area contributed by atoms with Gasteiger partial charge in [0.05, 0.1) is 13.3 Å². The fraction of sp³-hybridized carbons (Fsp3) is 0.700. The predicted octanol–water partition coefficient (Wildman–Crippen LogP) is 0.0643. The fourth-order valence-corrected chi connectivity index (χ4v) is 1.93. The van der Waals surface area contributed by atoms with Crippen LogP contribution in [0.3, 0.4) is 0 Å². The Morgan fingerprint density at radius 2 is 2.62 bits per heavy atom. The lowest BCUT2D eigenvalue weighted by Crippen LogP contribution is -2.32. The van der Waals surface area contributed by atoms with Crippen molar-refractivity contribution in [3.63, 3.8) is 0 Å². The van der Waals surface area contributed by atoms with E-state index in [1.807, 2.05) is 0 Å². The molecule has 1 atom stereocenters. The number of ether oxygens (including phenoxy) is 1. The van der Waals surface area contributed by atoms with Crippen LogP contribution >= 0.6 is 0 Å². The number of hydrogen-bond donors (Lipinski definition) is 1. The minimum absolute atomic E-state index is 0.270. The Morgan fingerprint density at radius 1 is 1.75 bits per heavy atom. The van der Waals surface area contributed by atoms with Gasteiger partial charge < -0.3 is 10.1 Å². The monoisotopic (exact) mass is 224 g/mol. The number of carbonyl (C=O) groups excluding carboxylic acids is 1. The van der Waals surface area contributed by atoms with Gasteiger partial charge in [0.15, 0.2) is 5.69 Å². The SMILES string of the molecule is COC(=O)c1cn(CC2CCCNC2)nn1. The van der Waals surface area contributed by atoms with E-state index in [9.17, 15) is 4.79 Å². The second-order valence-electron chi connectivity index (χ2n) is 4.03. The summed E-state index contributed by atoms with van der Waals surface area (Å²) in [6, 6.07) is 0. The lowest BCUT2D eigenvalue weighted by atomic mass is 10.00. The average molecular weight is 224 g/mol. The number of hydrogen-bond acceptors (Lipinski definition) is 5. The zero-order valence-electron chi connectivity index (χ0n) is 9.35. The Morgan fingerprint density at radius 3 is 3.31 bits per heavy atom. The Kier molecular flexibility index (Phi) is 3.51. The number of nitrogens with zero attached hydrogens (tertiary/aromatic N) is 3. The smallest absolute Gasteiger partial charge is 0.360 e. The Bertz CT molecular complexity index is 357. The number of methoxy groups -OCH3 is 1. The van der Waals surface area contributed by atoms with E-state index in [4.69, 9.17) is 0 Å². The van der Waals surface area contributed by atoms with Crippen molar-refractivity contribution in [1.29, 1.82) is 0 Å². The van der Waals surface area contributed by atoms with Gasteiger partial charge in [0.25, 0.3) is 0 Å². The van der Waals surface area contributed by atoms with Gasteiger partial charge >= 0.3 is 5.97 Å². The van der Waals surface area contributed by atoms with Crippen molar-refractivity contribution < 1.29 is 9.53 Å². The summed E-state index contributed by atoms with van der Waals surface area (Å²) in [5.41, 5.74) is 0.270. The van der Waals surface area contributed by atoms with Crippen LogP contribution in [0.2, 0.25) is 0 Å². The summed E-state index contributed by atoms with van der Waals surface area (Å²) in [7, 11) is 1.34. The zero-order valence-corrected chi connectivity index (χ0v) is 9.35. The lowest BCUT2D eigenvalue weighted by Gasteiger charge is -2.22. The van der Waals surface area contributed by atoms with Gasteiger partial charge in [0.1, 0.15) is 0 Å². The number of esters is 1. The predicted molar refractivity (Wildman–Crippen MR) is 57.0 cm³/mol. The van der Waals surface area contributed by atoms with Crippen molar-refractivity contribution >= 4 is 5.97 Å². The molecule has 0 saturated carbocycles. The van der Waals surface area contributed by atoms with Crippen LogP contribution in [-0.4, -0.2) is 41.2 Å². The van der Waals surface area contributed by atoms with E-state index < -0.39 is 5.97 Å². The van der Waals surface area contributed by atoms with Crippen LogP contribution < -0.4 is 5.32 Å². The molecule has 0 aliphatic carbocycles. The molecule has 6 nitrogen and oxygen atoms in total. The minimum atomic E-state index is -0.437. The molecule has 1 unspecified atom stereocenters. The van der Waals surface area contributed by atoms with Crippen LogP contribution in [0, 0.1) is 5.92 Å². The molecule has 1 aromatic rings. The molecular weight excluding hydrogens is 208 g/mol. The summed E-state index contributed by atoms with van der Waals surface area (Å²) in [6.45, 7) is 2.91. The van der Waals surface area contributed by atoms with Gasteiger partial charge in [-0.3, -0.25) is 4.68 Å². The van der Waals surface area contributed by atoms with Gasteiger partial charge in [-0.2, -0.15) is 0 Å². The van der Waals surface area contributed by atoms with Gasteiger partial charge in [0, 0.05) is 6.54 Å². The number of rotatable bonds is 3. The van der Waals surface area contributed by atoms with E-state index in [0.717, 1.165) is 19.6 Å². The summed E-state index contributed by atoms with van der Waals surface area (Å²) in [5, 5.41) is 11.0. The molecule has 1 aliphatic heterocycles. The van der Waals surface area contributed by atoms with Crippen molar-refractivity contribution in [2.45, 2.75) is 19.4 Å². The second kappa shape index (κ2) is 5.07. The second-order valence-corrected chi connectivity index (χ2v) is 4.03. The fourth-order valence-electron chi connectivity index (χ4n) is 1.93. The zero-order chi connectivity index (χ0) is 11.4. The molecule has 1 aliphatic rings. The number of aromatic nitrogens is 3. The number of nitrogens with one attached hydrogen (secondary N) is 1. The van der Waals surface area contributed by atoms with Crippen LogP contribution in [0.4, 0.5) is 0 Å². The summed E-state index contributed by atoms with van der Waals surface area (Å²) < 4.78 is 6.28. The number of piperidine rings is 1. The van der Waals surface area contributed by atoms with Crippen LogP contribution in [0.15, 0.2) is 6.20 Å². The Hall–Kier alpha value is -1.43. The topological polar surface area (TPSA) is 69.0 Å². The van der Waals surface area contributed by atoms with E-state index >= 15 is 0 Å². The maximum Gasteiger partial charge on any atom is 0.360 e. The first-order valence-corrected chi connectivity index (χ1v) is 5.49. The standard InChI is InChI=1S/C10H16N4O2/c1-16-10(15)9-7-14(13-12-9)6-8-3-2-4-11-5-8/h7-8,11H,2-6H2,1H3. The van der Waals surface area contributed by atoms with Crippen molar-refractivity contribution in [1.82, 2.24) is 20.3 Å². The van der Waals surface area contributed by atoms with Crippen molar-refractivity contribution in [3.8, 4) is 0 Å². The quantitative estimate of drug-likeness (QED) is 0.735. The molecule has 0 aromatic carbocycles. The third-order valence-electron chi connectivity index (χ3n) is 2.78.